The van der Waals surface area contributed by atoms with Gasteiger partial charge in [-0.1, -0.05) is 13.8 Å². The minimum absolute atomic E-state index is 0.00000545. The summed E-state index contributed by atoms with van der Waals surface area (Å²) >= 11 is 1.95. The maximum Gasteiger partial charge on any atom is 0.157 e. The maximum atomic E-state index is 10.00. The molecule has 0 fully saturated rings. The molecule has 3 N–H and O–H groups in total. The first-order valence-electron chi connectivity index (χ1n) is 8.92. The number of benzene rings is 1. The van der Waals surface area contributed by atoms with Crippen LogP contribution in [0.3, 0.4) is 0 Å². The van der Waals surface area contributed by atoms with E-state index >= 15 is 0 Å². The second-order valence-electron chi connectivity index (χ2n) is 7.58. The molecule has 128 valence electrons. The number of nitrogens with one attached hydrogen (secondary N) is 1. The van der Waals surface area contributed by atoms with Gasteiger partial charge in [-0.25, -0.2) is 0 Å². The van der Waals surface area contributed by atoms with Crippen LogP contribution in [0.15, 0.2) is 18.2 Å². The minimum Gasteiger partial charge on any atom is -0.504 e. The molecule has 2 atom stereocenters. The molecule has 1 aliphatic heterocycles. The lowest BCUT2D eigenvalue weighted by Gasteiger charge is -2.38. The Balaban J connectivity index is 1.73. The van der Waals surface area contributed by atoms with E-state index in [1.807, 2.05) is 11.3 Å². The molecule has 4 rings (SSSR count). The van der Waals surface area contributed by atoms with Crippen LogP contribution in [0, 0.1) is 5.92 Å². The molecule has 2 heterocycles. The van der Waals surface area contributed by atoms with Crippen molar-refractivity contribution >= 4 is 11.3 Å². The van der Waals surface area contributed by atoms with E-state index in [0.717, 1.165) is 31.7 Å². The first-order valence-corrected chi connectivity index (χ1v) is 9.74. The largest absolute Gasteiger partial charge is 0.504 e. The van der Waals surface area contributed by atoms with E-state index < -0.39 is 0 Å². The van der Waals surface area contributed by atoms with E-state index in [4.69, 9.17) is 0 Å². The van der Waals surface area contributed by atoms with Gasteiger partial charge in [0.05, 0.1) is 0 Å². The Morgan fingerprint density at radius 2 is 1.96 bits per heavy atom. The number of fused-ring (bicyclic) bond motifs is 5. The van der Waals surface area contributed by atoms with Gasteiger partial charge in [-0.3, -0.25) is 0 Å². The van der Waals surface area contributed by atoms with Gasteiger partial charge in [0.1, 0.15) is 0 Å². The number of phenols is 2. The normalized spacial score (nSPS) is 22.1. The van der Waals surface area contributed by atoms with Crippen molar-refractivity contribution in [3.05, 3.63) is 44.6 Å². The Morgan fingerprint density at radius 1 is 1.17 bits per heavy atom. The summed E-state index contributed by atoms with van der Waals surface area (Å²) < 4.78 is 0. The summed E-state index contributed by atoms with van der Waals surface area (Å²) in [6, 6.07) is 6.35. The number of rotatable bonds is 3. The molecule has 0 saturated carbocycles. The number of thiophene rings is 1. The second kappa shape index (κ2) is 6.08. The molecule has 1 aromatic heterocycles. The van der Waals surface area contributed by atoms with E-state index in [1.54, 1.807) is 12.1 Å². The van der Waals surface area contributed by atoms with Crippen molar-refractivity contribution in [2.75, 3.05) is 0 Å². The van der Waals surface area contributed by atoms with Crippen LogP contribution in [0.25, 0.3) is 0 Å². The average Bonchev–Trinajstić information content (AvgIpc) is 2.97. The predicted octanol–water partition coefficient (Wildman–Crippen LogP) is 4.30. The first-order chi connectivity index (χ1) is 11.5. The van der Waals surface area contributed by atoms with Crippen LogP contribution >= 0.6 is 11.3 Å². The van der Waals surface area contributed by atoms with Crippen LogP contribution in [-0.2, 0) is 19.4 Å². The summed E-state index contributed by atoms with van der Waals surface area (Å²) in [6.07, 6.45) is 4.42. The lowest BCUT2D eigenvalue weighted by atomic mass is 9.75. The number of aryl methyl sites for hydroxylation is 2. The van der Waals surface area contributed by atoms with Crippen molar-refractivity contribution in [3.8, 4) is 11.5 Å². The highest BCUT2D eigenvalue weighted by Crippen LogP contribution is 2.46. The molecule has 0 saturated heterocycles. The highest BCUT2D eigenvalue weighted by Gasteiger charge is 2.37. The summed E-state index contributed by atoms with van der Waals surface area (Å²) in [5, 5.41) is 23.5. The van der Waals surface area contributed by atoms with Crippen molar-refractivity contribution in [2.45, 2.75) is 58.0 Å². The molecule has 0 unspecified atom stereocenters. The Labute approximate surface area is 147 Å². The lowest BCUT2D eigenvalue weighted by molar-refractivity contribution is 0.383. The van der Waals surface area contributed by atoms with Crippen molar-refractivity contribution in [1.82, 2.24) is 5.32 Å². The predicted molar refractivity (Wildman–Crippen MR) is 98.0 cm³/mol. The van der Waals surface area contributed by atoms with E-state index in [0.29, 0.717) is 12.0 Å². The smallest absolute Gasteiger partial charge is 0.157 e. The number of hydrogen-bond acceptors (Lipinski definition) is 4. The third-order valence-corrected chi connectivity index (χ3v) is 6.72. The van der Waals surface area contributed by atoms with Crippen molar-refractivity contribution in [3.63, 3.8) is 0 Å². The number of phenolic OH excluding ortho intramolecular Hbond substituents is 2. The lowest BCUT2D eigenvalue weighted by Crippen LogP contribution is -2.41. The molecule has 4 heteroatoms. The van der Waals surface area contributed by atoms with E-state index in [2.05, 4.69) is 25.2 Å². The Bertz CT molecular complexity index is 765. The van der Waals surface area contributed by atoms with Crippen LogP contribution in [0.4, 0.5) is 0 Å². The zero-order chi connectivity index (χ0) is 16.8. The van der Waals surface area contributed by atoms with Gasteiger partial charge in [0.15, 0.2) is 11.5 Å². The molecule has 1 aromatic carbocycles. The fraction of sp³-hybridized carbons (Fsp3) is 0.500. The molecule has 0 radical (unpaired) electrons. The maximum absolute atomic E-state index is 10.00. The van der Waals surface area contributed by atoms with Gasteiger partial charge in [0.2, 0.25) is 0 Å². The van der Waals surface area contributed by atoms with Crippen LogP contribution < -0.4 is 5.32 Å². The first kappa shape index (κ1) is 16.0. The minimum atomic E-state index is -0.00175. The SMILES string of the molecule is CC(C)CCc1cc2c(s1)[C@@H]1c3cc(O)c(O)cc3CC[C@H]1NC2. The van der Waals surface area contributed by atoms with Gasteiger partial charge in [0, 0.05) is 28.3 Å². The monoisotopic (exact) mass is 343 g/mol. The van der Waals surface area contributed by atoms with Gasteiger partial charge in [-0.05, 0) is 66.5 Å². The fourth-order valence-corrected chi connectivity index (χ4v) is 5.46. The van der Waals surface area contributed by atoms with Crippen LogP contribution in [0.2, 0.25) is 0 Å². The van der Waals surface area contributed by atoms with Gasteiger partial charge in [-0.2, -0.15) is 0 Å². The Kier molecular flexibility index (Phi) is 4.05. The Morgan fingerprint density at radius 3 is 2.75 bits per heavy atom. The highest BCUT2D eigenvalue weighted by molar-refractivity contribution is 7.12. The third kappa shape index (κ3) is 2.72. The molecule has 24 heavy (non-hydrogen) atoms. The zero-order valence-electron chi connectivity index (χ0n) is 14.3. The van der Waals surface area contributed by atoms with Crippen LogP contribution in [0.1, 0.15) is 59.1 Å². The van der Waals surface area contributed by atoms with E-state index in [-0.39, 0.29) is 11.5 Å². The van der Waals surface area contributed by atoms with Crippen LogP contribution in [-0.4, -0.2) is 16.3 Å². The quantitative estimate of drug-likeness (QED) is 0.729. The Hall–Kier alpha value is -1.52. The highest BCUT2D eigenvalue weighted by atomic mass is 32.1. The van der Waals surface area contributed by atoms with Gasteiger partial charge < -0.3 is 15.5 Å². The summed E-state index contributed by atoms with van der Waals surface area (Å²) in [5.41, 5.74) is 3.78. The summed E-state index contributed by atoms with van der Waals surface area (Å²) in [4.78, 5) is 2.94. The molecule has 2 aliphatic rings. The van der Waals surface area contributed by atoms with Gasteiger partial charge in [-0.15, -0.1) is 11.3 Å². The molecule has 2 aromatic rings. The van der Waals surface area contributed by atoms with E-state index in [9.17, 15) is 10.2 Å². The fourth-order valence-electron chi connectivity index (χ4n) is 4.08. The van der Waals surface area contributed by atoms with Crippen LogP contribution in [0.5, 0.6) is 11.5 Å². The molecule has 3 nitrogen and oxygen atoms in total. The summed E-state index contributed by atoms with van der Waals surface area (Å²) in [5.74, 6) is 1.03. The van der Waals surface area contributed by atoms with Crippen molar-refractivity contribution < 1.29 is 10.2 Å². The standard InChI is InChI=1S/C20H25NO2S/c1-11(2)3-5-14-7-13-10-21-16-6-4-12-8-17(22)18(23)9-15(12)19(16)20(13)24-14/h7-9,11,16,19,21-23H,3-6,10H2,1-2H3/t16-,19-/m1/s1. The van der Waals surface area contributed by atoms with Crippen molar-refractivity contribution in [1.29, 1.82) is 0 Å². The summed E-state index contributed by atoms with van der Waals surface area (Å²) in [7, 11) is 0. The molecule has 0 spiro atoms. The van der Waals surface area contributed by atoms with Gasteiger partial charge in [0.25, 0.3) is 0 Å². The van der Waals surface area contributed by atoms with Gasteiger partial charge >= 0.3 is 0 Å². The molecular weight excluding hydrogens is 318 g/mol. The molecular formula is C20H25NO2S. The second-order valence-corrected chi connectivity index (χ2v) is 8.75. The van der Waals surface area contributed by atoms with Crippen molar-refractivity contribution in [2.24, 2.45) is 5.92 Å². The average molecular weight is 343 g/mol. The summed E-state index contributed by atoms with van der Waals surface area (Å²) in [6.45, 7) is 5.50. The zero-order valence-corrected chi connectivity index (χ0v) is 15.1. The molecule has 0 bridgehead atoms. The molecule has 0 amide bonds. The molecule has 1 aliphatic carbocycles. The van der Waals surface area contributed by atoms with E-state index in [1.165, 1.54) is 32.9 Å². The number of aromatic hydroxyl groups is 2. The number of hydrogen-bond donors (Lipinski definition) is 3. The topological polar surface area (TPSA) is 52.5 Å². The third-order valence-electron chi connectivity index (χ3n) is 5.40.